The fourth-order valence-corrected chi connectivity index (χ4v) is 2.68. The maximum absolute atomic E-state index is 11.8. The minimum atomic E-state index is 0.304. The van der Waals surface area contributed by atoms with Crippen molar-refractivity contribution in [1.82, 2.24) is 4.98 Å². The molecule has 1 rings (SSSR count). The molecule has 0 fully saturated rings. The summed E-state index contributed by atoms with van der Waals surface area (Å²) in [5, 5.41) is 2.84. The van der Waals surface area contributed by atoms with Gasteiger partial charge in [0.1, 0.15) is 5.78 Å². The number of nitrogens with zero attached hydrogens (tertiary/aromatic N) is 1. The molecule has 3 nitrogen and oxygen atoms in total. The minimum absolute atomic E-state index is 0.304. The Morgan fingerprint density at radius 1 is 1.47 bits per heavy atom. The highest BCUT2D eigenvalue weighted by molar-refractivity contribution is 7.09. The van der Waals surface area contributed by atoms with Gasteiger partial charge in [-0.25, -0.2) is 4.98 Å². The number of hydrogen-bond donors (Lipinski definition) is 1. The number of nitrogens with two attached hydrogens (primary N) is 1. The zero-order valence-corrected chi connectivity index (χ0v) is 11.3. The van der Waals surface area contributed by atoms with Crippen LogP contribution < -0.4 is 5.73 Å². The molecule has 0 aliphatic carbocycles. The third-order valence-electron chi connectivity index (χ3n) is 2.94. The molecule has 0 radical (unpaired) electrons. The van der Waals surface area contributed by atoms with Crippen LogP contribution >= 0.6 is 11.3 Å². The second-order valence-corrected chi connectivity index (χ2v) is 5.39. The second kappa shape index (κ2) is 8.37. The van der Waals surface area contributed by atoms with Crippen LogP contribution in [0, 0.1) is 5.92 Å². The minimum Gasteiger partial charge on any atom is -0.330 e. The highest BCUT2D eigenvalue weighted by atomic mass is 32.1. The Morgan fingerprint density at radius 2 is 2.29 bits per heavy atom. The van der Waals surface area contributed by atoms with Crippen molar-refractivity contribution in [3.63, 3.8) is 0 Å². The first-order chi connectivity index (χ1) is 8.26. The highest BCUT2D eigenvalue weighted by Crippen LogP contribution is 2.18. The summed E-state index contributed by atoms with van der Waals surface area (Å²) in [6.45, 7) is 2.91. The monoisotopic (exact) mass is 254 g/mol. The van der Waals surface area contributed by atoms with E-state index in [9.17, 15) is 4.79 Å². The summed E-state index contributed by atoms with van der Waals surface area (Å²) in [6.07, 6.45) is 7.30. The Hall–Kier alpha value is -0.740. The largest absolute Gasteiger partial charge is 0.330 e. The molecule has 0 aliphatic heterocycles. The van der Waals surface area contributed by atoms with E-state index in [2.05, 4.69) is 11.9 Å². The second-order valence-electron chi connectivity index (χ2n) is 4.41. The van der Waals surface area contributed by atoms with Gasteiger partial charge in [0, 0.05) is 18.0 Å². The number of Topliss-reactive ketones (excluding diaryl/α,β-unsaturated/α-hetero) is 1. The van der Waals surface area contributed by atoms with Crippen LogP contribution in [0.4, 0.5) is 0 Å². The Balaban J connectivity index is 2.25. The third kappa shape index (κ3) is 5.94. The molecule has 0 saturated carbocycles. The van der Waals surface area contributed by atoms with Crippen molar-refractivity contribution in [2.45, 2.75) is 45.4 Å². The first-order valence-corrected chi connectivity index (χ1v) is 7.24. The Bertz CT molecular complexity index is 305. The maximum atomic E-state index is 11.8. The molecule has 1 unspecified atom stereocenters. The van der Waals surface area contributed by atoms with Crippen LogP contribution in [-0.4, -0.2) is 17.3 Å². The average Bonchev–Trinajstić information content (AvgIpc) is 2.79. The molecule has 4 heteroatoms. The fraction of sp³-hybridized carbons (Fsp3) is 0.692. The molecule has 0 aromatic carbocycles. The molecule has 0 bridgehead atoms. The van der Waals surface area contributed by atoms with E-state index in [0.717, 1.165) is 24.4 Å². The van der Waals surface area contributed by atoms with E-state index in [-0.39, 0.29) is 0 Å². The number of carbonyl (C=O) groups is 1. The van der Waals surface area contributed by atoms with Crippen molar-refractivity contribution in [2.75, 3.05) is 6.54 Å². The molecule has 0 spiro atoms. The normalized spacial score (nSPS) is 12.6. The van der Waals surface area contributed by atoms with E-state index in [4.69, 9.17) is 5.73 Å². The number of aromatic nitrogens is 1. The van der Waals surface area contributed by atoms with Gasteiger partial charge < -0.3 is 5.73 Å². The highest BCUT2D eigenvalue weighted by Gasteiger charge is 2.11. The quantitative estimate of drug-likeness (QED) is 0.737. The van der Waals surface area contributed by atoms with Crippen LogP contribution in [0.1, 0.15) is 44.0 Å². The van der Waals surface area contributed by atoms with E-state index in [1.807, 2.05) is 5.38 Å². The predicted octanol–water partition coefficient (Wildman–Crippen LogP) is 2.80. The first-order valence-electron chi connectivity index (χ1n) is 6.36. The van der Waals surface area contributed by atoms with Gasteiger partial charge in [-0.3, -0.25) is 4.79 Å². The summed E-state index contributed by atoms with van der Waals surface area (Å²) >= 11 is 1.55. The summed E-state index contributed by atoms with van der Waals surface area (Å²) < 4.78 is 0. The van der Waals surface area contributed by atoms with Gasteiger partial charge in [-0.1, -0.05) is 19.8 Å². The van der Waals surface area contributed by atoms with Gasteiger partial charge in [0.05, 0.1) is 11.4 Å². The van der Waals surface area contributed by atoms with Crippen LogP contribution in [0.5, 0.6) is 0 Å². The molecule has 1 aromatic rings. The van der Waals surface area contributed by atoms with E-state index >= 15 is 0 Å². The van der Waals surface area contributed by atoms with Crippen LogP contribution in [0.15, 0.2) is 11.6 Å². The van der Waals surface area contributed by atoms with Gasteiger partial charge in [0.2, 0.25) is 0 Å². The molecule has 1 aromatic heterocycles. The Labute approximate surface area is 107 Å². The molecule has 0 amide bonds. The standard InChI is InChI=1S/C13H22N2OS/c1-2-3-11(6-7-14)4-5-12(16)10-13-15-8-9-17-13/h8-9,11H,2-7,10,14H2,1H3. The van der Waals surface area contributed by atoms with Crippen molar-refractivity contribution in [2.24, 2.45) is 11.7 Å². The number of hydrogen-bond acceptors (Lipinski definition) is 4. The smallest absolute Gasteiger partial charge is 0.139 e. The summed E-state index contributed by atoms with van der Waals surface area (Å²) in [6, 6.07) is 0. The van der Waals surface area contributed by atoms with E-state index in [0.29, 0.717) is 24.5 Å². The Morgan fingerprint density at radius 3 is 2.88 bits per heavy atom. The van der Waals surface area contributed by atoms with Crippen LogP contribution in [0.25, 0.3) is 0 Å². The van der Waals surface area contributed by atoms with Crippen molar-refractivity contribution in [3.05, 3.63) is 16.6 Å². The lowest BCUT2D eigenvalue weighted by molar-refractivity contribution is -0.118. The van der Waals surface area contributed by atoms with Gasteiger partial charge in [0.15, 0.2) is 0 Å². The molecule has 2 N–H and O–H groups in total. The van der Waals surface area contributed by atoms with Gasteiger partial charge in [-0.2, -0.15) is 0 Å². The summed E-state index contributed by atoms with van der Waals surface area (Å²) in [5.74, 6) is 0.920. The number of carbonyl (C=O) groups excluding carboxylic acids is 1. The molecule has 96 valence electrons. The number of thiazole rings is 1. The number of rotatable bonds is 9. The van der Waals surface area contributed by atoms with Crippen LogP contribution in [0.2, 0.25) is 0 Å². The fourth-order valence-electron chi connectivity index (χ4n) is 2.04. The van der Waals surface area contributed by atoms with Gasteiger partial charge in [0.25, 0.3) is 0 Å². The molecule has 1 heterocycles. The summed E-state index contributed by atoms with van der Waals surface area (Å²) in [5.41, 5.74) is 5.58. The topological polar surface area (TPSA) is 56.0 Å². The van der Waals surface area contributed by atoms with Crippen molar-refractivity contribution < 1.29 is 4.79 Å². The zero-order chi connectivity index (χ0) is 12.5. The SMILES string of the molecule is CCCC(CCN)CCC(=O)Cc1nccs1. The maximum Gasteiger partial charge on any atom is 0.139 e. The lowest BCUT2D eigenvalue weighted by Crippen LogP contribution is -2.11. The van der Waals surface area contributed by atoms with Crippen molar-refractivity contribution in [1.29, 1.82) is 0 Å². The van der Waals surface area contributed by atoms with Crippen LogP contribution in [-0.2, 0) is 11.2 Å². The molecule has 17 heavy (non-hydrogen) atoms. The van der Waals surface area contributed by atoms with Crippen molar-refractivity contribution in [3.8, 4) is 0 Å². The lowest BCUT2D eigenvalue weighted by atomic mass is 9.93. The van der Waals surface area contributed by atoms with Crippen molar-refractivity contribution >= 4 is 17.1 Å². The summed E-state index contributed by atoms with van der Waals surface area (Å²) in [4.78, 5) is 15.9. The van der Waals surface area contributed by atoms with E-state index < -0.39 is 0 Å². The van der Waals surface area contributed by atoms with E-state index in [1.54, 1.807) is 17.5 Å². The number of ketones is 1. The zero-order valence-electron chi connectivity index (χ0n) is 10.5. The average molecular weight is 254 g/mol. The van der Waals surface area contributed by atoms with Gasteiger partial charge in [-0.15, -0.1) is 11.3 Å². The molecule has 1 atom stereocenters. The van der Waals surface area contributed by atoms with E-state index in [1.165, 1.54) is 12.8 Å². The summed E-state index contributed by atoms with van der Waals surface area (Å²) in [7, 11) is 0. The van der Waals surface area contributed by atoms with Crippen LogP contribution in [0.3, 0.4) is 0 Å². The Kier molecular flexibility index (Phi) is 7.05. The molecular formula is C13H22N2OS. The lowest BCUT2D eigenvalue weighted by Gasteiger charge is -2.13. The van der Waals surface area contributed by atoms with Gasteiger partial charge in [-0.05, 0) is 25.3 Å². The third-order valence-corrected chi connectivity index (χ3v) is 3.71. The predicted molar refractivity (Wildman–Crippen MR) is 72.1 cm³/mol. The molecule has 0 aliphatic rings. The first kappa shape index (κ1) is 14.3. The molecular weight excluding hydrogens is 232 g/mol. The molecule has 0 saturated heterocycles. The van der Waals surface area contributed by atoms with Gasteiger partial charge >= 0.3 is 0 Å².